The van der Waals surface area contributed by atoms with E-state index in [0.29, 0.717) is 25.9 Å². The summed E-state index contributed by atoms with van der Waals surface area (Å²) in [6.45, 7) is 4.98. The van der Waals surface area contributed by atoms with Gasteiger partial charge in [0.1, 0.15) is 0 Å². The SMILES string of the molecule is CCCCCCCCCCCCCCCCCCCCCC(O)C(CO)NC(=O)CCCCCCCCCCCCCCCCCCOC(=O)CCCCCCCCCCCCCCCCCC. The number of aliphatic hydroxyl groups is 2. The van der Waals surface area contributed by atoms with Crippen LogP contribution in [0.3, 0.4) is 0 Å². The number of hydrogen-bond donors (Lipinski definition) is 3. The average Bonchev–Trinajstić information content (AvgIpc) is 3.34. The minimum absolute atomic E-state index is 0.00804. The van der Waals surface area contributed by atoms with Crippen LogP contribution in [0.5, 0.6) is 0 Å². The second-order valence-electron chi connectivity index (χ2n) is 21.8. The highest BCUT2D eigenvalue weighted by molar-refractivity contribution is 5.76. The van der Waals surface area contributed by atoms with Crippen molar-refractivity contribution in [1.29, 1.82) is 0 Å². The number of nitrogens with one attached hydrogen (secondary N) is 1. The maximum Gasteiger partial charge on any atom is 0.305 e. The molecule has 0 aliphatic heterocycles. The summed E-state index contributed by atoms with van der Waals surface area (Å²) in [6.07, 6.45) is 68.2. The summed E-state index contributed by atoms with van der Waals surface area (Å²) in [5.74, 6) is -0.0292. The van der Waals surface area contributed by atoms with E-state index in [1.165, 1.54) is 289 Å². The zero-order chi connectivity index (χ0) is 49.3. The quantitative estimate of drug-likeness (QED) is 0.0417. The first-order valence-electron chi connectivity index (χ1n) is 31.3. The highest BCUT2D eigenvalue weighted by atomic mass is 16.5. The van der Waals surface area contributed by atoms with Crippen LogP contribution in [-0.4, -0.2) is 47.4 Å². The largest absolute Gasteiger partial charge is 0.466 e. The standard InChI is InChI=1S/C62H123NO5/c1-3-5-7-9-11-13-15-17-19-21-22-23-26-30-34-38-42-46-50-54-60(65)59(58-64)63-61(66)55-51-47-43-39-35-31-27-24-25-29-33-37-41-45-49-53-57-68-62(67)56-52-48-44-40-36-32-28-20-18-16-14-12-10-8-6-4-2/h59-60,64-65H,3-58H2,1-2H3,(H,63,66). The predicted octanol–water partition coefficient (Wildman–Crippen LogP) is 19.5. The molecule has 0 spiro atoms. The molecule has 0 heterocycles. The summed E-state index contributed by atoms with van der Waals surface area (Å²) >= 11 is 0. The summed E-state index contributed by atoms with van der Waals surface area (Å²) in [5.41, 5.74) is 0. The number of unbranched alkanes of at least 4 members (excludes halogenated alkanes) is 48. The van der Waals surface area contributed by atoms with Crippen LogP contribution in [0.15, 0.2) is 0 Å². The van der Waals surface area contributed by atoms with E-state index < -0.39 is 12.1 Å². The molecule has 0 saturated carbocycles. The fourth-order valence-electron chi connectivity index (χ4n) is 10.1. The molecule has 0 aromatic carbocycles. The molecule has 0 aliphatic rings. The highest BCUT2D eigenvalue weighted by Gasteiger charge is 2.20. The molecule has 3 N–H and O–H groups in total. The molecular weight excluding hydrogens is 839 g/mol. The van der Waals surface area contributed by atoms with E-state index >= 15 is 0 Å². The number of carbonyl (C=O) groups excluding carboxylic acids is 2. The van der Waals surface area contributed by atoms with Gasteiger partial charge in [0.15, 0.2) is 0 Å². The summed E-state index contributed by atoms with van der Waals surface area (Å²) < 4.78 is 5.49. The Morgan fingerprint density at radius 1 is 0.353 bits per heavy atom. The van der Waals surface area contributed by atoms with Gasteiger partial charge in [0, 0.05) is 12.8 Å². The molecule has 1 amide bonds. The van der Waals surface area contributed by atoms with Crippen LogP contribution in [0.2, 0.25) is 0 Å². The zero-order valence-electron chi connectivity index (χ0n) is 46.4. The van der Waals surface area contributed by atoms with Crippen LogP contribution in [0.1, 0.15) is 361 Å². The number of carbonyl (C=O) groups is 2. The molecule has 0 aliphatic carbocycles. The Morgan fingerprint density at radius 3 is 0.897 bits per heavy atom. The first kappa shape index (κ1) is 66.9. The van der Waals surface area contributed by atoms with Gasteiger partial charge in [-0.05, 0) is 25.7 Å². The first-order chi connectivity index (χ1) is 33.5. The lowest BCUT2D eigenvalue weighted by atomic mass is 10.0. The molecule has 0 aromatic heterocycles. The summed E-state index contributed by atoms with van der Waals surface area (Å²) in [4.78, 5) is 24.6. The lowest BCUT2D eigenvalue weighted by Gasteiger charge is -2.22. The van der Waals surface area contributed by atoms with Crippen molar-refractivity contribution in [2.45, 2.75) is 373 Å². The molecule has 0 saturated heterocycles. The van der Waals surface area contributed by atoms with Gasteiger partial charge in [-0.1, -0.05) is 322 Å². The number of esters is 1. The molecule has 406 valence electrons. The monoisotopic (exact) mass is 962 g/mol. The number of aliphatic hydroxyl groups excluding tert-OH is 2. The fraction of sp³-hybridized carbons (Fsp3) is 0.968. The molecule has 2 atom stereocenters. The summed E-state index contributed by atoms with van der Waals surface area (Å²) in [6, 6.07) is -0.546. The molecule has 2 unspecified atom stereocenters. The van der Waals surface area contributed by atoms with Crippen molar-refractivity contribution in [3.8, 4) is 0 Å². The third-order valence-corrected chi connectivity index (χ3v) is 14.9. The average molecular weight is 963 g/mol. The molecule has 0 fully saturated rings. The van der Waals surface area contributed by atoms with Gasteiger partial charge >= 0.3 is 5.97 Å². The number of ether oxygens (including phenoxy) is 1. The molecule has 0 rings (SSSR count). The van der Waals surface area contributed by atoms with Crippen LogP contribution in [0.25, 0.3) is 0 Å². The lowest BCUT2D eigenvalue weighted by molar-refractivity contribution is -0.143. The van der Waals surface area contributed by atoms with Crippen LogP contribution in [-0.2, 0) is 14.3 Å². The van der Waals surface area contributed by atoms with Gasteiger partial charge in [-0.3, -0.25) is 9.59 Å². The Kier molecular flexibility index (Phi) is 57.5. The molecule has 0 aromatic rings. The molecular formula is C62H123NO5. The Balaban J connectivity index is 3.40. The van der Waals surface area contributed by atoms with Gasteiger partial charge < -0.3 is 20.3 Å². The normalized spacial score (nSPS) is 12.5. The van der Waals surface area contributed by atoms with Crippen LogP contribution in [0, 0.1) is 0 Å². The van der Waals surface area contributed by atoms with Gasteiger partial charge in [0.25, 0.3) is 0 Å². The van der Waals surface area contributed by atoms with Gasteiger partial charge in [0.05, 0.1) is 25.4 Å². The summed E-state index contributed by atoms with van der Waals surface area (Å²) in [5, 5.41) is 23.3. The summed E-state index contributed by atoms with van der Waals surface area (Å²) in [7, 11) is 0. The van der Waals surface area contributed by atoms with E-state index in [-0.39, 0.29) is 18.5 Å². The van der Waals surface area contributed by atoms with Gasteiger partial charge in [-0.2, -0.15) is 0 Å². The van der Waals surface area contributed by atoms with Crippen molar-refractivity contribution in [2.75, 3.05) is 13.2 Å². The van der Waals surface area contributed by atoms with Gasteiger partial charge in [-0.15, -0.1) is 0 Å². The van der Waals surface area contributed by atoms with Crippen LogP contribution >= 0.6 is 0 Å². The van der Waals surface area contributed by atoms with Crippen molar-refractivity contribution in [3.05, 3.63) is 0 Å². The van der Waals surface area contributed by atoms with E-state index in [9.17, 15) is 19.8 Å². The smallest absolute Gasteiger partial charge is 0.305 e. The van der Waals surface area contributed by atoms with E-state index in [2.05, 4.69) is 19.2 Å². The van der Waals surface area contributed by atoms with E-state index in [4.69, 9.17) is 4.74 Å². The Hall–Kier alpha value is -1.14. The maximum absolute atomic E-state index is 12.5. The third kappa shape index (κ3) is 54.2. The Morgan fingerprint density at radius 2 is 0.603 bits per heavy atom. The Labute approximate surface area is 426 Å². The van der Waals surface area contributed by atoms with Crippen molar-refractivity contribution < 1.29 is 24.5 Å². The number of rotatable bonds is 59. The zero-order valence-corrected chi connectivity index (χ0v) is 46.4. The van der Waals surface area contributed by atoms with Crippen molar-refractivity contribution in [1.82, 2.24) is 5.32 Å². The van der Waals surface area contributed by atoms with Crippen LogP contribution < -0.4 is 5.32 Å². The van der Waals surface area contributed by atoms with Crippen LogP contribution in [0.4, 0.5) is 0 Å². The van der Waals surface area contributed by atoms with E-state index in [0.717, 1.165) is 38.5 Å². The predicted molar refractivity (Wildman–Crippen MR) is 297 cm³/mol. The molecule has 68 heavy (non-hydrogen) atoms. The minimum Gasteiger partial charge on any atom is -0.466 e. The highest BCUT2D eigenvalue weighted by Crippen LogP contribution is 2.19. The molecule has 6 heteroatoms. The van der Waals surface area contributed by atoms with E-state index in [1.54, 1.807) is 0 Å². The Bertz CT molecular complexity index is 975. The molecule has 0 radical (unpaired) electrons. The second-order valence-corrected chi connectivity index (χ2v) is 21.8. The second kappa shape index (κ2) is 58.4. The lowest BCUT2D eigenvalue weighted by Crippen LogP contribution is -2.45. The van der Waals surface area contributed by atoms with Crippen molar-refractivity contribution >= 4 is 11.9 Å². The van der Waals surface area contributed by atoms with Gasteiger partial charge in [-0.25, -0.2) is 0 Å². The van der Waals surface area contributed by atoms with E-state index in [1.807, 2.05) is 0 Å². The first-order valence-corrected chi connectivity index (χ1v) is 31.3. The minimum atomic E-state index is -0.668. The van der Waals surface area contributed by atoms with Crippen molar-refractivity contribution in [3.63, 3.8) is 0 Å². The topological polar surface area (TPSA) is 95.9 Å². The molecule has 0 bridgehead atoms. The number of hydrogen-bond acceptors (Lipinski definition) is 5. The maximum atomic E-state index is 12.5. The third-order valence-electron chi connectivity index (χ3n) is 14.9. The molecule has 6 nitrogen and oxygen atoms in total. The van der Waals surface area contributed by atoms with Gasteiger partial charge in [0.2, 0.25) is 5.91 Å². The van der Waals surface area contributed by atoms with Crippen molar-refractivity contribution in [2.24, 2.45) is 0 Å². The fourth-order valence-corrected chi connectivity index (χ4v) is 10.1. The number of amides is 1.